The molecule has 0 saturated carbocycles. The summed E-state index contributed by atoms with van der Waals surface area (Å²) in [5.74, 6) is 0.390. The number of likely N-dealkylation sites (tertiary alicyclic amines) is 2. The maximum atomic E-state index is 13.7. The lowest BCUT2D eigenvalue weighted by Crippen LogP contribution is -2.66. The number of nitrogens with one attached hydrogen (secondary N) is 1. The van der Waals surface area contributed by atoms with Gasteiger partial charge in [0.05, 0.1) is 0 Å². The molecule has 1 aliphatic carbocycles. The van der Waals surface area contributed by atoms with Crippen LogP contribution in [-0.2, 0) is 16.6 Å². The number of amides is 3. The highest BCUT2D eigenvalue weighted by molar-refractivity contribution is 5.88. The summed E-state index contributed by atoms with van der Waals surface area (Å²) < 4.78 is 0. The van der Waals surface area contributed by atoms with Crippen LogP contribution in [-0.4, -0.2) is 58.6 Å². The van der Waals surface area contributed by atoms with Crippen LogP contribution in [0.1, 0.15) is 58.1 Å². The summed E-state index contributed by atoms with van der Waals surface area (Å²) in [7, 11) is 0. The van der Waals surface area contributed by atoms with E-state index in [0.29, 0.717) is 31.8 Å². The van der Waals surface area contributed by atoms with E-state index in [-0.39, 0.29) is 34.9 Å². The minimum Gasteiger partial charge on any atom is -0.508 e. The standard InChI is InChI=1S/C23H33N3O3/c1-5-24-21(29)25-12-7-9-17(25)20(28)26-13-11-23(4)16-8-6-10-18(27)15(16)14-19(26)22(23,2)3/h6,8,10,17,19,27H,5,7,9,11-14H2,1-4H3,(H,24,29)/t17?,19-,23+/m1/s1. The lowest BCUT2D eigenvalue weighted by molar-refractivity contribution is -0.147. The van der Waals surface area contributed by atoms with Crippen molar-refractivity contribution in [3.8, 4) is 5.75 Å². The maximum Gasteiger partial charge on any atom is 0.318 e. The van der Waals surface area contributed by atoms with E-state index < -0.39 is 0 Å². The van der Waals surface area contributed by atoms with E-state index in [4.69, 9.17) is 0 Å². The van der Waals surface area contributed by atoms with Crippen molar-refractivity contribution in [1.29, 1.82) is 0 Å². The maximum absolute atomic E-state index is 13.7. The largest absolute Gasteiger partial charge is 0.508 e. The van der Waals surface area contributed by atoms with Crippen LogP contribution in [0.4, 0.5) is 4.79 Å². The Morgan fingerprint density at radius 3 is 2.69 bits per heavy atom. The smallest absolute Gasteiger partial charge is 0.318 e. The second kappa shape index (κ2) is 6.92. The first-order valence-corrected chi connectivity index (χ1v) is 10.9. The zero-order valence-electron chi connectivity index (χ0n) is 18.0. The molecule has 29 heavy (non-hydrogen) atoms. The number of phenols is 1. The Morgan fingerprint density at radius 1 is 1.21 bits per heavy atom. The zero-order chi connectivity index (χ0) is 21.0. The molecule has 3 aliphatic rings. The highest BCUT2D eigenvalue weighted by atomic mass is 16.3. The van der Waals surface area contributed by atoms with Gasteiger partial charge in [-0.2, -0.15) is 0 Å². The van der Waals surface area contributed by atoms with Crippen LogP contribution in [0.2, 0.25) is 0 Å². The fourth-order valence-electron chi connectivity index (χ4n) is 5.90. The normalized spacial score (nSPS) is 30.1. The van der Waals surface area contributed by atoms with E-state index in [0.717, 1.165) is 24.8 Å². The number of piperidine rings is 1. The summed E-state index contributed by atoms with van der Waals surface area (Å²) in [5, 5.41) is 13.4. The molecule has 0 spiro atoms. The number of rotatable bonds is 2. The van der Waals surface area contributed by atoms with E-state index in [1.807, 2.05) is 17.9 Å². The molecule has 2 bridgehead atoms. The van der Waals surface area contributed by atoms with Gasteiger partial charge in [0.2, 0.25) is 5.91 Å². The highest BCUT2D eigenvalue weighted by Crippen LogP contribution is 2.57. The fourth-order valence-corrected chi connectivity index (χ4v) is 5.90. The molecule has 1 aromatic carbocycles. The molecular formula is C23H33N3O3. The Kier molecular flexibility index (Phi) is 4.79. The molecule has 2 aliphatic heterocycles. The summed E-state index contributed by atoms with van der Waals surface area (Å²) in [4.78, 5) is 29.8. The topological polar surface area (TPSA) is 72.9 Å². The lowest BCUT2D eigenvalue weighted by atomic mass is 9.51. The molecule has 6 nitrogen and oxygen atoms in total. The van der Waals surface area contributed by atoms with Gasteiger partial charge in [-0.05, 0) is 55.2 Å². The molecule has 6 heteroatoms. The average molecular weight is 400 g/mol. The Bertz CT molecular complexity index is 837. The van der Waals surface area contributed by atoms with E-state index in [1.54, 1.807) is 11.0 Å². The van der Waals surface area contributed by atoms with Gasteiger partial charge in [0, 0.05) is 31.1 Å². The molecule has 3 atom stereocenters. The van der Waals surface area contributed by atoms with Crippen LogP contribution in [0.25, 0.3) is 0 Å². The summed E-state index contributed by atoms with van der Waals surface area (Å²) in [5.41, 5.74) is 1.96. The Morgan fingerprint density at radius 2 is 1.97 bits per heavy atom. The molecule has 2 heterocycles. The van der Waals surface area contributed by atoms with Gasteiger partial charge in [-0.1, -0.05) is 32.9 Å². The van der Waals surface area contributed by atoms with Crippen LogP contribution in [0.15, 0.2) is 18.2 Å². The number of aromatic hydroxyl groups is 1. The number of carbonyl (C=O) groups is 2. The van der Waals surface area contributed by atoms with Gasteiger partial charge < -0.3 is 20.2 Å². The number of nitrogens with zero attached hydrogens (tertiary/aromatic N) is 2. The summed E-state index contributed by atoms with van der Waals surface area (Å²) in [6.45, 7) is 10.6. The third-order valence-corrected chi connectivity index (χ3v) is 8.04. The number of hydrogen-bond donors (Lipinski definition) is 2. The monoisotopic (exact) mass is 399 g/mol. The molecule has 2 fully saturated rings. The van der Waals surface area contributed by atoms with Crippen molar-refractivity contribution < 1.29 is 14.7 Å². The van der Waals surface area contributed by atoms with Crippen molar-refractivity contribution in [2.75, 3.05) is 19.6 Å². The molecular weight excluding hydrogens is 366 g/mol. The predicted molar refractivity (Wildman–Crippen MR) is 112 cm³/mol. The average Bonchev–Trinajstić information content (AvgIpc) is 3.15. The third-order valence-electron chi connectivity index (χ3n) is 8.04. The van der Waals surface area contributed by atoms with Crippen molar-refractivity contribution in [1.82, 2.24) is 15.1 Å². The Hall–Kier alpha value is -2.24. The van der Waals surface area contributed by atoms with E-state index >= 15 is 0 Å². The van der Waals surface area contributed by atoms with Gasteiger partial charge in [0.15, 0.2) is 0 Å². The Labute approximate surface area is 173 Å². The number of benzene rings is 1. The molecule has 0 radical (unpaired) electrons. The van der Waals surface area contributed by atoms with Crippen molar-refractivity contribution in [3.63, 3.8) is 0 Å². The minimum atomic E-state index is -0.382. The third kappa shape index (κ3) is 2.82. The molecule has 1 unspecified atom stereocenters. The molecule has 0 aromatic heterocycles. The van der Waals surface area contributed by atoms with Gasteiger partial charge in [-0.3, -0.25) is 4.79 Å². The van der Waals surface area contributed by atoms with Gasteiger partial charge in [0.25, 0.3) is 0 Å². The first-order valence-electron chi connectivity index (χ1n) is 10.9. The number of fused-ring (bicyclic) bond motifs is 4. The first kappa shape index (κ1) is 20.0. The van der Waals surface area contributed by atoms with Crippen LogP contribution in [0, 0.1) is 5.41 Å². The molecule has 158 valence electrons. The number of hydrogen-bond acceptors (Lipinski definition) is 3. The molecule has 2 saturated heterocycles. The number of phenolic OH excluding ortho intramolecular Hbond substituents is 1. The van der Waals surface area contributed by atoms with Crippen molar-refractivity contribution in [2.45, 2.75) is 70.9 Å². The fraction of sp³-hybridized carbons (Fsp3) is 0.652. The number of urea groups is 1. The van der Waals surface area contributed by atoms with Crippen LogP contribution < -0.4 is 5.32 Å². The second-order valence-corrected chi connectivity index (χ2v) is 9.55. The SMILES string of the molecule is CCNC(=O)N1CCCC1C(=O)N1CC[C@@]2(C)c3cccc(O)c3C[C@@H]1C2(C)C. The Balaban J connectivity index is 1.67. The van der Waals surface area contributed by atoms with Crippen molar-refractivity contribution >= 4 is 11.9 Å². The molecule has 1 aromatic rings. The second-order valence-electron chi connectivity index (χ2n) is 9.55. The molecule has 2 N–H and O–H groups in total. The predicted octanol–water partition coefficient (Wildman–Crippen LogP) is 3.03. The van der Waals surface area contributed by atoms with Crippen LogP contribution >= 0.6 is 0 Å². The van der Waals surface area contributed by atoms with Crippen LogP contribution in [0.5, 0.6) is 5.75 Å². The summed E-state index contributed by atoms with van der Waals surface area (Å²) in [6.07, 6.45) is 3.09. The summed E-state index contributed by atoms with van der Waals surface area (Å²) >= 11 is 0. The minimum absolute atomic E-state index is 0.00577. The number of carbonyl (C=O) groups excluding carboxylic acids is 2. The highest BCUT2D eigenvalue weighted by Gasteiger charge is 2.58. The van der Waals surface area contributed by atoms with E-state index in [9.17, 15) is 14.7 Å². The van der Waals surface area contributed by atoms with Crippen molar-refractivity contribution in [2.24, 2.45) is 5.41 Å². The van der Waals surface area contributed by atoms with E-state index in [1.165, 1.54) is 5.56 Å². The van der Waals surface area contributed by atoms with Gasteiger partial charge in [-0.15, -0.1) is 0 Å². The lowest BCUT2D eigenvalue weighted by Gasteiger charge is -2.61. The molecule has 4 rings (SSSR count). The first-order chi connectivity index (χ1) is 13.7. The van der Waals surface area contributed by atoms with Crippen LogP contribution in [0.3, 0.4) is 0 Å². The quantitative estimate of drug-likeness (QED) is 0.803. The summed E-state index contributed by atoms with van der Waals surface area (Å²) in [6, 6.07) is 5.29. The van der Waals surface area contributed by atoms with Gasteiger partial charge in [-0.25, -0.2) is 4.79 Å². The van der Waals surface area contributed by atoms with E-state index in [2.05, 4.69) is 32.2 Å². The molecule has 3 amide bonds. The van der Waals surface area contributed by atoms with Crippen molar-refractivity contribution in [3.05, 3.63) is 29.3 Å². The zero-order valence-corrected chi connectivity index (χ0v) is 18.0. The van der Waals surface area contributed by atoms with Gasteiger partial charge >= 0.3 is 6.03 Å². The van der Waals surface area contributed by atoms with Gasteiger partial charge in [0.1, 0.15) is 11.8 Å².